The lowest BCUT2D eigenvalue weighted by molar-refractivity contribution is 0.0697. The van der Waals surface area contributed by atoms with E-state index in [0.29, 0.717) is 30.3 Å². The third-order valence-electron chi connectivity index (χ3n) is 5.75. The zero-order chi connectivity index (χ0) is 20.8. The number of nitrogens with one attached hydrogen (secondary N) is 1. The lowest BCUT2D eigenvalue weighted by Gasteiger charge is -2.30. The molecule has 154 valence electrons. The Morgan fingerprint density at radius 2 is 1.72 bits per heavy atom. The first kappa shape index (κ1) is 20.9. The van der Waals surface area contributed by atoms with Crippen molar-refractivity contribution < 1.29 is 9.59 Å². The normalized spacial score (nSPS) is 14.5. The van der Waals surface area contributed by atoms with Crippen molar-refractivity contribution >= 4 is 17.6 Å². The minimum absolute atomic E-state index is 0.0736. The Kier molecular flexibility index (Phi) is 6.91. The molecule has 5 heteroatoms. The van der Waals surface area contributed by atoms with Gasteiger partial charge >= 0.3 is 6.03 Å². The summed E-state index contributed by atoms with van der Waals surface area (Å²) in [6, 6.07) is 15.2. The number of nitrogens with zero attached hydrogens (tertiary/aromatic N) is 2. The summed E-state index contributed by atoms with van der Waals surface area (Å²) < 4.78 is 0. The zero-order valence-electron chi connectivity index (χ0n) is 17.6. The Hall–Kier alpha value is -2.82. The van der Waals surface area contributed by atoms with Crippen molar-refractivity contribution in [1.29, 1.82) is 0 Å². The van der Waals surface area contributed by atoms with E-state index in [4.69, 9.17) is 0 Å². The van der Waals surface area contributed by atoms with Gasteiger partial charge in [0.2, 0.25) is 0 Å². The maximum Gasteiger partial charge on any atom is 0.322 e. The van der Waals surface area contributed by atoms with E-state index in [9.17, 15) is 9.59 Å². The largest absolute Gasteiger partial charge is 0.339 e. The van der Waals surface area contributed by atoms with Gasteiger partial charge in [-0.3, -0.25) is 4.79 Å². The maximum absolute atomic E-state index is 12.7. The number of amides is 3. The predicted octanol–water partition coefficient (Wildman–Crippen LogP) is 4.92. The van der Waals surface area contributed by atoms with E-state index in [2.05, 4.69) is 25.2 Å². The molecule has 0 aromatic heterocycles. The van der Waals surface area contributed by atoms with Gasteiger partial charge in [-0.1, -0.05) is 31.2 Å². The van der Waals surface area contributed by atoms with Crippen LogP contribution in [0.2, 0.25) is 0 Å². The van der Waals surface area contributed by atoms with Crippen LogP contribution in [0.4, 0.5) is 10.5 Å². The van der Waals surface area contributed by atoms with Crippen molar-refractivity contribution in [2.75, 3.05) is 25.0 Å². The Bertz CT molecular complexity index is 839. The van der Waals surface area contributed by atoms with Gasteiger partial charge in [-0.25, -0.2) is 4.79 Å². The first-order valence-electron chi connectivity index (χ1n) is 10.5. The number of anilines is 1. The van der Waals surface area contributed by atoms with Crippen molar-refractivity contribution in [3.8, 4) is 0 Å². The second-order valence-corrected chi connectivity index (χ2v) is 7.92. The predicted molar refractivity (Wildman–Crippen MR) is 117 cm³/mol. The van der Waals surface area contributed by atoms with Crippen LogP contribution in [0.1, 0.15) is 48.2 Å². The highest BCUT2D eigenvalue weighted by molar-refractivity contribution is 5.95. The van der Waals surface area contributed by atoms with Crippen molar-refractivity contribution in [2.24, 2.45) is 5.92 Å². The number of carbonyl (C=O) groups excluding carboxylic acids is 2. The smallest absolute Gasteiger partial charge is 0.322 e. The molecular formula is C24H31N3O2. The molecule has 1 aliphatic rings. The van der Waals surface area contributed by atoms with E-state index in [-0.39, 0.29) is 11.9 Å². The number of carbonyl (C=O) groups is 2. The van der Waals surface area contributed by atoms with Crippen LogP contribution in [-0.4, -0.2) is 41.4 Å². The van der Waals surface area contributed by atoms with Crippen LogP contribution in [-0.2, 0) is 6.54 Å². The fraction of sp³-hybridized carbons (Fsp3) is 0.417. The average molecular weight is 394 g/mol. The third kappa shape index (κ3) is 5.37. The van der Waals surface area contributed by atoms with Gasteiger partial charge in [-0.2, -0.15) is 0 Å². The van der Waals surface area contributed by atoms with Crippen molar-refractivity contribution in [1.82, 2.24) is 9.80 Å². The lowest BCUT2D eigenvalue weighted by Crippen LogP contribution is -2.37. The van der Waals surface area contributed by atoms with E-state index in [1.807, 2.05) is 30.0 Å². The molecule has 2 aromatic carbocycles. The standard InChI is InChI=1S/C24H31N3O2/c1-4-26(17-21-8-6-5-7-19(21)3)24(29)25-22-11-9-20(10-12-22)23(28)27-15-13-18(2)14-16-27/h5-12,18H,4,13-17H2,1-3H3,(H,25,29). The fourth-order valence-corrected chi connectivity index (χ4v) is 3.61. The van der Waals surface area contributed by atoms with Crippen LogP contribution in [0.15, 0.2) is 48.5 Å². The summed E-state index contributed by atoms with van der Waals surface area (Å²) in [5.74, 6) is 0.766. The SMILES string of the molecule is CCN(Cc1ccccc1C)C(=O)Nc1ccc(C(=O)N2CCC(C)CC2)cc1. The van der Waals surface area contributed by atoms with E-state index in [1.54, 1.807) is 29.2 Å². The molecule has 2 aromatic rings. The summed E-state index contributed by atoms with van der Waals surface area (Å²) >= 11 is 0. The molecule has 0 saturated carbocycles. The Morgan fingerprint density at radius 1 is 1.07 bits per heavy atom. The van der Waals surface area contributed by atoms with Gasteiger partial charge in [0.1, 0.15) is 0 Å². The molecule has 1 saturated heterocycles. The van der Waals surface area contributed by atoms with Crippen LogP contribution in [0.25, 0.3) is 0 Å². The maximum atomic E-state index is 12.7. The van der Waals surface area contributed by atoms with E-state index in [1.165, 1.54) is 5.56 Å². The number of hydrogen-bond acceptors (Lipinski definition) is 2. The van der Waals surface area contributed by atoms with Crippen LogP contribution in [0.5, 0.6) is 0 Å². The Labute approximate surface area is 173 Å². The van der Waals surface area contributed by atoms with Crippen LogP contribution >= 0.6 is 0 Å². The molecule has 1 fully saturated rings. The minimum Gasteiger partial charge on any atom is -0.339 e. The summed E-state index contributed by atoms with van der Waals surface area (Å²) in [4.78, 5) is 29.1. The lowest BCUT2D eigenvalue weighted by atomic mass is 9.98. The number of hydrogen-bond donors (Lipinski definition) is 1. The fourth-order valence-electron chi connectivity index (χ4n) is 3.61. The van der Waals surface area contributed by atoms with Crippen molar-refractivity contribution in [3.05, 3.63) is 65.2 Å². The average Bonchev–Trinajstić information content (AvgIpc) is 2.73. The summed E-state index contributed by atoms with van der Waals surface area (Å²) in [5, 5.41) is 2.95. The van der Waals surface area contributed by atoms with Crippen LogP contribution in [0, 0.1) is 12.8 Å². The number of piperidine rings is 1. The highest BCUT2D eigenvalue weighted by atomic mass is 16.2. The molecule has 0 radical (unpaired) electrons. The number of aryl methyl sites for hydroxylation is 1. The summed E-state index contributed by atoms with van der Waals surface area (Å²) in [5.41, 5.74) is 3.68. The van der Waals surface area contributed by atoms with Crippen molar-refractivity contribution in [3.63, 3.8) is 0 Å². The van der Waals surface area contributed by atoms with Gasteiger partial charge in [-0.15, -0.1) is 0 Å². The monoisotopic (exact) mass is 393 g/mol. The number of benzene rings is 2. The second-order valence-electron chi connectivity index (χ2n) is 7.92. The summed E-state index contributed by atoms with van der Waals surface area (Å²) in [6.07, 6.45) is 2.13. The Morgan fingerprint density at radius 3 is 2.34 bits per heavy atom. The number of rotatable bonds is 5. The summed E-state index contributed by atoms with van der Waals surface area (Å²) in [7, 11) is 0. The Balaban J connectivity index is 1.60. The second kappa shape index (κ2) is 9.59. The van der Waals surface area contributed by atoms with Crippen LogP contribution in [0.3, 0.4) is 0 Å². The first-order valence-corrected chi connectivity index (χ1v) is 10.5. The molecule has 3 amide bonds. The van der Waals surface area contributed by atoms with Gasteiger partial charge in [-0.05, 0) is 68.0 Å². The molecule has 1 N–H and O–H groups in total. The van der Waals surface area contributed by atoms with Gasteiger partial charge in [0.15, 0.2) is 0 Å². The molecule has 0 bridgehead atoms. The van der Waals surface area contributed by atoms with E-state index >= 15 is 0 Å². The molecule has 1 aliphatic heterocycles. The first-order chi connectivity index (χ1) is 14.0. The third-order valence-corrected chi connectivity index (χ3v) is 5.75. The van der Waals surface area contributed by atoms with E-state index < -0.39 is 0 Å². The molecular weight excluding hydrogens is 362 g/mol. The van der Waals surface area contributed by atoms with Gasteiger partial charge in [0.25, 0.3) is 5.91 Å². The molecule has 1 heterocycles. The van der Waals surface area contributed by atoms with Crippen LogP contribution < -0.4 is 5.32 Å². The minimum atomic E-state index is -0.139. The molecule has 5 nitrogen and oxygen atoms in total. The number of likely N-dealkylation sites (tertiary alicyclic amines) is 1. The molecule has 29 heavy (non-hydrogen) atoms. The highest BCUT2D eigenvalue weighted by Gasteiger charge is 2.21. The molecule has 0 atom stereocenters. The van der Waals surface area contributed by atoms with Gasteiger partial charge in [0, 0.05) is 37.4 Å². The zero-order valence-corrected chi connectivity index (χ0v) is 17.6. The molecule has 0 spiro atoms. The molecule has 0 aliphatic carbocycles. The van der Waals surface area contributed by atoms with Gasteiger partial charge < -0.3 is 15.1 Å². The van der Waals surface area contributed by atoms with E-state index in [0.717, 1.165) is 31.5 Å². The van der Waals surface area contributed by atoms with Gasteiger partial charge in [0.05, 0.1) is 0 Å². The van der Waals surface area contributed by atoms with Crippen molar-refractivity contribution in [2.45, 2.75) is 40.2 Å². The molecule has 0 unspecified atom stereocenters. The quantitative estimate of drug-likeness (QED) is 0.784. The number of urea groups is 1. The summed E-state index contributed by atoms with van der Waals surface area (Å²) in [6.45, 7) is 9.09. The highest BCUT2D eigenvalue weighted by Crippen LogP contribution is 2.19. The topological polar surface area (TPSA) is 52.7 Å². The molecule has 3 rings (SSSR count).